The summed E-state index contributed by atoms with van der Waals surface area (Å²) in [7, 11) is 0. The van der Waals surface area contributed by atoms with Crippen molar-refractivity contribution in [3.63, 3.8) is 0 Å². The van der Waals surface area contributed by atoms with Crippen LogP contribution in [0.4, 0.5) is 0 Å². The predicted molar refractivity (Wildman–Crippen MR) is 84.5 cm³/mol. The van der Waals surface area contributed by atoms with Gasteiger partial charge >= 0.3 is 0 Å². The molecule has 0 aromatic rings. The average Bonchev–Trinajstić information content (AvgIpc) is 2.69. The van der Waals surface area contributed by atoms with Crippen molar-refractivity contribution in [1.82, 2.24) is 0 Å². The van der Waals surface area contributed by atoms with E-state index in [-0.39, 0.29) is 0 Å². The third-order valence-corrected chi connectivity index (χ3v) is 7.03. The molecule has 0 amide bonds. The molecule has 0 saturated heterocycles. The number of hydrogen-bond donors (Lipinski definition) is 1. The monoisotopic (exact) mass is 278 g/mol. The lowest BCUT2D eigenvalue weighted by molar-refractivity contribution is 0.136. The van der Waals surface area contributed by atoms with Gasteiger partial charge in [-0.15, -0.1) is 0 Å². The highest BCUT2D eigenvalue weighted by Gasteiger charge is 2.35. The highest BCUT2D eigenvalue weighted by molar-refractivity contribution is 4.86. The Morgan fingerprint density at radius 3 is 1.70 bits per heavy atom. The number of aliphatic hydroxyl groups excluding tert-OH is 1. The van der Waals surface area contributed by atoms with E-state index >= 15 is 0 Å². The first kappa shape index (κ1) is 14.9. The van der Waals surface area contributed by atoms with E-state index in [9.17, 15) is 5.11 Å². The Kier molecular flexibility index (Phi) is 5.07. The fourth-order valence-corrected chi connectivity index (χ4v) is 5.61. The molecule has 0 spiro atoms. The van der Waals surface area contributed by atoms with Crippen LogP contribution in [0.2, 0.25) is 0 Å². The molecule has 1 heteroatoms. The van der Waals surface area contributed by atoms with Crippen LogP contribution in [0.3, 0.4) is 0 Å². The molecule has 3 rings (SSSR count). The van der Waals surface area contributed by atoms with E-state index < -0.39 is 0 Å². The maximum atomic E-state index is 9.30. The van der Waals surface area contributed by atoms with Gasteiger partial charge in [-0.3, -0.25) is 0 Å². The van der Waals surface area contributed by atoms with Crippen LogP contribution in [0.25, 0.3) is 0 Å². The molecule has 0 aromatic heterocycles. The standard InChI is InChI=1S/C19H34O/c1-14-2-5-18-9-8-17(10-11-19(18)12-14)16-6-3-15(13-20)4-7-16/h14-20H,2-13H2,1H3. The minimum atomic E-state index is 0.430. The van der Waals surface area contributed by atoms with Crippen molar-refractivity contribution in [2.75, 3.05) is 6.61 Å². The lowest BCUT2D eigenvalue weighted by Gasteiger charge is -2.33. The van der Waals surface area contributed by atoms with E-state index in [2.05, 4.69) is 6.92 Å². The van der Waals surface area contributed by atoms with Crippen molar-refractivity contribution >= 4 is 0 Å². The van der Waals surface area contributed by atoms with Gasteiger partial charge in [0.2, 0.25) is 0 Å². The second kappa shape index (κ2) is 6.81. The number of aliphatic hydroxyl groups is 1. The van der Waals surface area contributed by atoms with Gasteiger partial charge in [0, 0.05) is 6.61 Å². The lowest BCUT2D eigenvalue weighted by Crippen LogP contribution is -2.23. The van der Waals surface area contributed by atoms with E-state index in [0.717, 1.165) is 29.6 Å². The minimum absolute atomic E-state index is 0.430. The molecular formula is C19H34O. The van der Waals surface area contributed by atoms with Gasteiger partial charge in [-0.05, 0) is 99.7 Å². The smallest absolute Gasteiger partial charge is 0.0459 e. The van der Waals surface area contributed by atoms with Crippen LogP contribution in [-0.2, 0) is 0 Å². The summed E-state index contributed by atoms with van der Waals surface area (Å²) in [6.45, 7) is 2.90. The molecule has 3 saturated carbocycles. The molecule has 0 bridgehead atoms. The maximum Gasteiger partial charge on any atom is 0.0459 e. The van der Waals surface area contributed by atoms with Gasteiger partial charge in [0.05, 0.1) is 0 Å². The van der Waals surface area contributed by atoms with Gasteiger partial charge in [0.25, 0.3) is 0 Å². The van der Waals surface area contributed by atoms with Gasteiger partial charge in [-0.1, -0.05) is 13.3 Å². The van der Waals surface area contributed by atoms with Gasteiger partial charge in [-0.25, -0.2) is 0 Å². The van der Waals surface area contributed by atoms with Crippen molar-refractivity contribution in [2.24, 2.45) is 35.5 Å². The Morgan fingerprint density at radius 1 is 0.650 bits per heavy atom. The number of fused-ring (bicyclic) bond motifs is 1. The summed E-state index contributed by atoms with van der Waals surface area (Å²) in [5.74, 6) is 5.78. The van der Waals surface area contributed by atoms with Crippen molar-refractivity contribution < 1.29 is 5.11 Å². The fraction of sp³-hybridized carbons (Fsp3) is 1.00. The minimum Gasteiger partial charge on any atom is -0.396 e. The maximum absolute atomic E-state index is 9.30. The zero-order valence-electron chi connectivity index (χ0n) is 13.4. The largest absolute Gasteiger partial charge is 0.396 e. The van der Waals surface area contributed by atoms with Crippen LogP contribution in [0.15, 0.2) is 0 Å². The zero-order valence-corrected chi connectivity index (χ0v) is 13.4. The average molecular weight is 278 g/mol. The SMILES string of the molecule is CC1CCC2CCC(C3CCC(CO)CC3)CCC2C1. The molecule has 0 aromatic carbocycles. The van der Waals surface area contributed by atoms with Gasteiger partial charge < -0.3 is 5.11 Å². The molecule has 20 heavy (non-hydrogen) atoms. The molecule has 4 atom stereocenters. The van der Waals surface area contributed by atoms with E-state index in [4.69, 9.17) is 0 Å². The third-order valence-electron chi connectivity index (χ3n) is 7.03. The third kappa shape index (κ3) is 3.40. The summed E-state index contributed by atoms with van der Waals surface area (Å²) < 4.78 is 0. The van der Waals surface area contributed by atoms with Gasteiger partial charge in [-0.2, -0.15) is 0 Å². The fourth-order valence-electron chi connectivity index (χ4n) is 5.61. The quantitative estimate of drug-likeness (QED) is 0.751. The highest BCUT2D eigenvalue weighted by Crippen LogP contribution is 2.46. The summed E-state index contributed by atoms with van der Waals surface area (Å²) in [6, 6.07) is 0. The Hall–Kier alpha value is -0.0400. The Morgan fingerprint density at radius 2 is 1.10 bits per heavy atom. The van der Waals surface area contributed by atoms with Crippen molar-refractivity contribution in [3.8, 4) is 0 Å². The number of rotatable bonds is 2. The van der Waals surface area contributed by atoms with Gasteiger partial charge in [0.1, 0.15) is 0 Å². The summed E-state index contributed by atoms with van der Waals surface area (Å²) in [4.78, 5) is 0. The van der Waals surface area contributed by atoms with Crippen molar-refractivity contribution in [2.45, 2.75) is 77.6 Å². The summed E-state index contributed by atoms with van der Waals surface area (Å²) in [5.41, 5.74) is 0. The molecule has 3 aliphatic rings. The van der Waals surface area contributed by atoms with Crippen molar-refractivity contribution in [3.05, 3.63) is 0 Å². The summed E-state index contributed by atoms with van der Waals surface area (Å²) in [6.07, 6.45) is 16.0. The van der Waals surface area contributed by atoms with E-state index in [1.807, 2.05) is 0 Å². The molecular weight excluding hydrogens is 244 g/mol. The topological polar surface area (TPSA) is 20.2 Å². The van der Waals surface area contributed by atoms with Crippen molar-refractivity contribution in [1.29, 1.82) is 0 Å². The predicted octanol–water partition coefficient (Wildman–Crippen LogP) is 5.03. The first-order chi connectivity index (χ1) is 9.76. The van der Waals surface area contributed by atoms with Crippen LogP contribution < -0.4 is 0 Å². The molecule has 0 radical (unpaired) electrons. The molecule has 3 aliphatic carbocycles. The molecule has 116 valence electrons. The Bertz CT molecular complexity index is 292. The zero-order chi connectivity index (χ0) is 13.9. The van der Waals surface area contributed by atoms with Crippen LogP contribution in [-0.4, -0.2) is 11.7 Å². The second-order valence-electron chi connectivity index (χ2n) is 8.32. The summed E-state index contributed by atoms with van der Waals surface area (Å²) >= 11 is 0. The molecule has 1 nitrogen and oxygen atoms in total. The first-order valence-corrected chi connectivity index (χ1v) is 9.37. The van der Waals surface area contributed by atoms with E-state index in [1.54, 1.807) is 0 Å². The van der Waals surface area contributed by atoms with E-state index in [1.165, 1.54) is 70.6 Å². The number of hydrogen-bond acceptors (Lipinski definition) is 1. The van der Waals surface area contributed by atoms with Gasteiger partial charge in [0.15, 0.2) is 0 Å². The summed E-state index contributed by atoms with van der Waals surface area (Å²) in [5, 5.41) is 9.30. The first-order valence-electron chi connectivity index (χ1n) is 9.37. The lowest BCUT2D eigenvalue weighted by atomic mass is 9.72. The molecule has 0 heterocycles. The van der Waals surface area contributed by atoms with Crippen LogP contribution in [0.1, 0.15) is 77.6 Å². The second-order valence-corrected chi connectivity index (χ2v) is 8.32. The molecule has 1 N–H and O–H groups in total. The molecule has 0 aliphatic heterocycles. The highest BCUT2D eigenvalue weighted by atomic mass is 16.3. The van der Waals surface area contributed by atoms with Crippen LogP contribution >= 0.6 is 0 Å². The Balaban J connectivity index is 1.52. The normalized spacial score (nSPS) is 46.5. The molecule has 3 fully saturated rings. The van der Waals surface area contributed by atoms with Crippen LogP contribution in [0, 0.1) is 35.5 Å². The Labute approximate surface area is 125 Å². The van der Waals surface area contributed by atoms with Crippen LogP contribution in [0.5, 0.6) is 0 Å². The molecule has 4 unspecified atom stereocenters. The van der Waals surface area contributed by atoms with E-state index in [0.29, 0.717) is 12.5 Å².